The van der Waals surface area contributed by atoms with Gasteiger partial charge in [-0.3, -0.25) is 19.0 Å². The van der Waals surface area contributed by atoms with Crippen LogP contribution in [0, 0.1) is 0 Å². The number of nitrogens with one attached hydrogen (secondary N) is 1. The molecule has 384 valence electrons. The van der Waals surface area contributed by atoms with Crippen molar-refractivity contribution in [2.75, 3.05) is 32.8 Å². The first-order chi connectivity index (χ1) is 36.4. The van der Waals surface area contributed by atoms with Crippen LogP contribution in [0.25, 0.3) is 32.7 Å². The molecule has 1 saturated heterocycles. The standard InChI is InChI=1S/C58H55N5O12/c1-7-29-70-56-51-55(61-57(62-56)60-50-49-44(28-19-37-18-17-36-13-11-12-16-43(36)48(37)49)52(72-33(2)64)54(74-35(4)66)53(50)73-34(3)65)63(32-59-51)47-30-45(67)46(75-47)31-71-58(38-14-9-8-10-15-38,39-20-24-41(68-5)25-21-39)40-22-26-42(69-6)27-23-40/h7-28,32,45-47,50,52-54,67H,1,29-31H2,2-6H3,(H,60,61,62)/t45-,46+,47+,50-,52+,53+,54-/m0/s1. The number of anilines is 1. The molecule has 1 fully saturated rings. The van der Waals surface area contributed by atoms with Gasteiger partial charge in [-0.05, 0) is 68.1 Å². The zero-order valence-corrected chi connectivity index (χ0v) is 41.9. The first-order valence-electron chi connectivity index (χ1n) is 24.4. The van der Waals surface area contributed by atoms with Gasteiger partial charge in [0.1, 0.15) is 36.0 Å². The Bertz CT molecular complexity index is 3360. The van der Waals surface area contributed by atoms with E-state index in [0.29, 0.717) is 22.6 Å². The van der Waals surface area contributed by atoms with E-state index in [1.165, 1.54) is 20.8 Å². The van der Waals surface area contributed by atoms with Crippen LogP contribution < -0.4 is 19.5 Å². The summed E-state index contributed by atoms with van der Waals surface area (Å²) in [4.78, 5) is 53.5. The Hall–Kier alpha value is -8.38. The average molecular weight is 1010 g/mol. The number of aliphatic hydroxyl groups is 1. The molecule has 75 heavy (non-hydrogen) atoms. The lowest BCUT2D eigenvalue weighted by Gasteiger charge is -2.42. The van der Waals surface area contributed by atoms with Crippen LogP contribution in [0.1, 0.15) is 73.4 Å². The van der Waals surface area contributed by atoms with E-state index in [9.17, 15) is 19.5 Å². The van der Waals surface area contributed by atoms with Crippen LogP contribution in [0.2, 0.25) is 0 Å². The van der Waals surface area contributed by atoms with Crippen molar-refractivity contribution in [3.8, 4) is 17.4 Å². The van der Waals surface area contributed by atoms with Crippen LogP contribution in [0.4, 0.5) is 5.95 Å². The zero-order chi connectivity index (χ0) is 52.4. The number of rotatable bonds is 17. The van der Waals surface area contributed by atoms with Gasteiger partial charge in [0.25, 0.3) is 0 Å². The van der Waals surface area contributed by atoms with E-state index in [0.717, 1.165) is 38.2 Å². The summed E-state index contributed by atoms with van der Waals surface area (Å²) in [6.07, 6.45) is -3.21. The zero-order valence-electron chi connectivity index (χ0n) is 41.9. The van der Waals surface area contributed by atoms with Gasteiger partial charge < -0.3 is 48.3 Å². The Morgan fingerprint density at radius 1 is 0.760 bits per heavy atom. The molecule has 0 unspecified atom stereocenters. The molecule has 17 heteroatoms. The van der Waals surface area contributed by atoms with Crippen molar-refractivity contribution in [2.24, 2.45) is 0 Å². The number of carbonyl (C=O) groups excluding carboxylic acids is 3. The van der Waals surface area contributed by atoms with Crippen LogP contribution in [-0.2, 0) is 43.7 Å². The summed E-state index contributed by atoms with van der Waals surface area (Å²) in [5, 5.41) is 18.7. The molecule has 0 radical (unpaired) electrons. The first kappa shape index (κ1) is 50.2. The fourth-order valence-electron chi connectivity index (χ4n) is 10.4. The van der Waals surface area contributed by atoms with E-state index < -0.39 is 66.3 Å². The molecule has 10 rings (SSSR count). The molecule has 2 aromatic heterocycles. The van der Waals surface area contributed by atoms with Gasteiger partial charge in [-0.15, -0.1) is 0 Å². The van der Waals surface area contributed by atoms with E-state index in [2.05, 4.69) is 11.9 Å². The lowest BCUT2D eigenvalue weighted by Crippen LogP contribution is -2.50. The number of carbonyl (C=O) groups is 3. The number of aliphatic hydroxyl groups excluding tert-OH is 1. The summed E-state index contributed by atoms with van der Waals surface area (Å²) in [6, 6.07) is 39.7. The monoisotopic (exact) mass is 1010 g/mol. The Kier molecular flexibility index (Phi) is 14.2. The molecule has 2 N–H and O–H groups in total. The van der Waals surface area contributed by atoms with Gasteiger partial charge in [-0.2, -0.15) is 9.97 Å². The van der Waals surface area contributed by atoms with Crippen LogP contribution in [0.5, 0.6) is 17.4 Å². The summed E-state index contributed by atoms with van der Waals surface area (Å²) >= 11 is 0. The summed E-state index contributed by atoms with van der Waals surface area (Å²) in [7, 11) is 3.23. The van der Waals surface area contributed by atoms with Crippen molar-refractivity contribution >= 4 is 56.6 Å². The molecule has 1 aliphatic carbocycles. The van der Waals surface area contributed by atoms with Crippen LogP contribution in [0.15, 0.2) is 146 Å². The summed E-state index contributed by atoms with van der Waals surface area (Å²) < 4.78 is 50.8. The Labute approximate surface area is 431 Å². The number of benzene rings is 6. The fraction of sp³-hybridized carbons (Fsp3) is 0.276. The summed E-state index contributed by atoms with van der Waals surface area (Å²) in [6.45, 7) is 7.57. The van der Waals surface area contributed by atoms with Crippen molar-refractivity contribution in [1.82, 2.24) is 19.5 Å². The van der Waals surface area contributed by atoms with Crippen molar-refractivity contribution in [3.63, 3.8) is 0 Å². The molecule has 8 aromatic rings. The molecular weight excluding hydrogens is 959 g/mol. The number of methoxy groups -OCH3 is 2. The highest BCUT2D eigenvalue weighted by Crippen LogP contribution is 2.49. The van der Waals surface area contributed by atoms with Gasteiger partial charge >= 0.3 is 17.9 Å². The third-order valence-corrected chi connectivity index (χ3v) is 13.6. The second kappa shape index (κ2) is 21.2. The Morgan fingerprint density at radius 3 is 2.03 bits per heavy atom. The number of nitrogens with zero attached hydrogens (tertiary/aromatic N) is 4. The predicted octanol–water partition coefficient (Wildman–Crippen LogP) is 9.01. The number of hydrogen-bond acceptors (Lipinski definition) is 16. The third kappa shape index (κ3) is 9.68. The molecule has 0 amide bonds. The number of imidazole rings is 1. The highest BCUT2D eigenvalue weighted by molar-refractivity contribution is 6.10. The number of esters is 3. The molecule has 6 aromatic carbocycles. The molecular formula is C58H55N5O12. The van der Waals surface area contributed by atoms with Gasteiger partial charge in [-0.1, -0.05) is 116 Å². The summed E-state index contributed by atoms with van der Waals surface area (Å²) in [5.74, 6) is -0.579. The van der Waals surface area contributed by atoms with Gasteiger partial charge in [0, 0.05) is 32.8 Å². The molecule has 7 atom stereocenters. The molecule has 0 bridgehead atoms. The van der Waals surface area contributed by atoms with E-state index >= 15 is 0 Å². The second-order valence-corrected chi connectivity index (χ2v) is 18.3. The maximum absolute atomic E-state index is 13.2. The minimum atomic E-state index is -1.32. The number of hydrogen-bond donors (Lipinski definition) is 2. The van der Waals surface area contributed by atoms with Crippen LogP contribution in [-0.4, -0.2) is 94.4 Å². The predicted molar refractivity (Wildman–Crippen MR) is 277 cm³/mol. The topological polar surface area (TPSA) is 201 Å². The minimum Gasteiger partial charge on any atom is -0.497 e. The molecule has 0 spiro atoms. The van der Waals surface area contributed by atoms with Gasteiger partial charge in [-0.25, -0.2) is 4.98 Å². The lowest BCUT2D eigenvalue weighted by molar-refractivity contribution is -0.187. The lowest BCUT2D eigenvalue weighted by atomic mass is 9.77. The molecule has 17 nitrogen and oxygen atoms in total. The van der Waals surface area contributed by atoms with E-state index in [-0.39, 0.29) is 42.6 Å². The average Bonchev–Trinajstić information content (AvgIpc) is 4.02. The van der Waals surface area contributed by atoms with Crippen molar-refractivity contribution < 1.29 is 57.4 Å². The maximum Gasteiger partial charge on any atom is 0.303 e. The molecule has 0 saturated carbocycles. The second-order valence-electron chi connectivity index (χ2n) is 18.3. The van der Waals surface area contributed by atoms with Gasteiger partial charge in [0.05, 0.1) is 39.3 Å². The number of aromatic nitrogens is 4. The Balaban J connectivity index is 1.05. The SMILES string of the molecule is C=CCOc1nc(N[C@H]2c3c(ccc4ccc5ccccc5c34)[C@@H](OC(C)=O)[C@H](OC(C)=O)[C@@H]2OC(C)=O)nc2c1ncn2[C@H]1C[C@H](O)[C@@H](COC(c2ccccc2)(c2ccc(OC)cc2)c2ccc(OC)cc2)O1. The minimum absolute atomic E-state index is 0.00576. The third-order valence-electron chi connectivity index (χ3n) is 13.6. The van der Waals surface area contributed by atoms with Crippen molar-refractivity contribution in [1.29, 1.82) is 0 Å². The maximum atomic E-state index is 13.2. The van der Waals surface area contributed by atoms with Crippen molar-refractivity contribution in [3.05, 3.63) is 174 Å². The fourth-order valence-corrected chi connectivity index (χ4v) is 10.4. The van der Waals surface area contributed by atoms with Gasteiger partial charge in [0.2, 0.25) is 11.8 Å². The quantitative estimate of drug-likeness (QED) is 0.0287. The molecule has 1 aliphatic heterocycles. The summed E-state index contributed by atoms with van der Waals surface area (Å²) in [5.41, 5.74) is 2.95. The number of fused-ring (bicyclic) bond motifs is 6. The molecule has 3 heterocycles. The van der Waals surface area contributed by atoms with Crippen molar-refractivity contribution in [2.45, 2.75) is 75.6 Å². The normalized spacial score (nSPS) is 20.3. The highest BCUT2D eigenvalue weighted by atomic mass is 16.6. The van der Waals surface area contributed by atoms with Crippen LogP contribution >= 0.6 is 0 Å². The molecule has 2 aliphatic rings. The number of ether oxygens (including phenoxy) is 8. The van der Waals surface area contributed by atoms with Gasteiger partial charge in [0.15, 0.2) is 29.5 Å². The Morgan fingerprint density at radius 2 is 1.37 bits per heavy atom. The van der Waals surface area contributed by atoms with E-state index in [4.69, 9.17) is 52.8 Å². The largest absolute Gasteiger partial charge is 0.497 e. The van der Waals surface area contributed by atoms with E-state index in [1.54, 1.807) is 31.2 Å². The van der Waals surface area contributed by atoms with Crippen LogP contribution in [0.3, 0.4) is 0 Å². The van der Waals surface area contributed by atoms with E-state index in [1.807, 2.05) is 127 Å². The first-order valence-corrected chi connectivity index (χ1v) is 24.4. The highest BCUT2D eigenvalue weighted by Gasteiger charge is 2.50. The smallest absolute Gasteiger partial charge is 0.303 e.